The molecule has 2 aromatic heterocycles. The average molecular weight is 1570 g/mol. The summed E-state index contributed by atoms with van der Waals surface area (Å²) in [6, 6.07) is 124. The Bertz CT molecular complexity index is 6790. The maximum atomic E-state index is 7.37. The lowest BCUT2D eigenvalue weighted by Crippen LogP contribution is -2.61. The molecule has 121 heavy (non-hydrogen) atoms. The molecule has 0 saturated heterocycles. The smallest absolute Gasteiger partial charge is 0.252 e. The molecule has 4 aliphatic heterocycles. The van der Waals surface area contributed by atoms with Crippen LogP contribution in [0.15, 0.2) is 342 Å². The Morgan fingerprint density at radius 1 is 0.231 bits per heavy atom. The molecule has 0 aliphatic carbocycles. The fourth-order valence-corrected chi connectivity index (χ4v) is 19.2. The van der Waals surface area contributed by atoms with Gasteiger partial charge in [-0.3, -0.25) is 0 Å². The number of ether oxygens (including phenoxy) is 2. The molecular weight excluding hydrogens is 1480 g/mol. The van der Waals surface area contributed by atoms with Crippen LogP contribution in [-0.2, 0) is 21.7 Å². The molecule has 4 aliphatic rings. The second-order valence-corrected chi connectivity index (χ2v) is 37.2. The Hall–Kier alpha value is -14.0. The van der Waals surface area contributed by atoms with Crippen molar-refractivity contribution in [3.05, 3.63) is 356 Å². The predicted molar refractivity (Wildman–Crippen MR) is 507 cm³/mol. The highest BCUT2D eigenvalue weighted by Gasteiger charge is 2.48. The van der Waals surface area contributed by atoms with E-state index >= 15 is 0 Å². The van der Waals surface area contributed by atoms with E-state index in [4.69, 9.17) is 18.3 Å². The zero-order chi connectivity index (χ0) is 82.3. The Morgan fingerprint density at radius 2 is 0.579 bits per heavy atom. The zero-order valence-corrected chi connectivity index (χ0v) is 70.3. The predicted octanol–water partition coefficient (Wildman–Crippen LogP) is 30.2. The molecule has 0 spiro atoms. The maximum absolute atomic E-state index is 7.37. The van der Waals surface area contributed by atoms with Gasteiger partial charge in [-0.25, -0.2) is 0 Å². The number of hydrogen-bond donors (Lipinski definition) is 0. The monoisotopic (exact) mass is 1570 g/mol. The van der Waals surface area contributed by atoms with Gasteiger partial charge in [-0.1, -0.05) is 295 Å². The first-order valence-corrected chi connectivity index (χ1v) is 42.4. The van der Waals surface area contributed by atoms with Crippen molar-refractivity contribution in [1.82, 2.24) is 0 Å². The second kappa shape index (κ2) is 27.3. The van der Waals surface area contributed by atoms with Gasteiger partial charge in [-0.2, -0.15) is 0 Å². The third-order valence-corrected chi connectivity index (χ3v) is 25.4. The summed E-state index contributed by atoms with van der Waals surface area (Å²) in [5.41, 5.74) is 33.0. The van der Waals surface area contributed by atoms with Crippen LogP contribution in [0.4, 0.5) is 68.2 Å². The van der Waals surface area contributed by atoms with Crippen molar-refractivity contribution < 1.29 is 18.3 Å². The van der Waals surface area contributed by atoms with Crippen LogP contribution in [0.25, 0.3) is 99.5 Å². The molecule has 586 valence electrons. The summed E-state index contributed by atoms with van der Waals surface area (Å²) in [6.45, 7) is 27.5. The normalized spacial score (nSPS) is 13.5. The fourth-order valence-electron chi connectivity index (χ4n) is 19.2. The minimum atomic E-state index is -0.403. The molecule has 0 fully saturated rings. The summed E-state index contributed by atoms with van der Waals surface area (Å²) >= 11 is 0. The van der Waals surface area contributed by atoms with Crippen molar-refractivity contribution in [3.8, 4) is 78.6 Å². The van der Waals surface area contributed by atoms with Crippen molar-refractivity contribution in [2.75, 3.05) is 19.6 Å². The molecule has 0 saturated carbocycles. The van der Waals surface area contributed by atoms with Gasteiger partial charge in [0.1, 0.15) is 22.3 Å². The molecule has 0 amide bonds. The van der Waals surface area contributed by atoms with E-state index in [0.717, 1.165) is 207 Å². The lowest BCUT2D eigenvalue weighted by atomic mass is 9.33. The highest BCUT2D eigenvalue weighted by Crippen LogP contribution is 2.60. The number of anilines is 12. The van der Waals surface area contributed by atoms with E-state index in [1.54, 1.807) is 0 Å². The minimum Gasteiger partial charge on any atom is -0.455 e. The van der Waals surface area contributed by atoms with E-state index in [9.17, 15) is 0 Å². The van der Waals surface area contributed by atoms with E-state index < -0.39 is 6.71 Å². The summed E-state index contributed by atoms with van der Waals surface area (Å²) in [6.07, 6.45) is 0. The summed E-state index contributed by atoms with van der Waals surface area (Å²) in [5, 5.41) is 4.24. The van der Waals surface area contributed by atoms with Gasteiger partial charge >= 0.3 is 0 Å². The lowest BCUT2D eigenvalue weighted by Gasteiger charge is -2.47. The molecule has 6 heterocycles. The Labute approximate surface area is 707 Å². The SMILES string of the molecule is CC(C)(C)c1ccc(-c2cc(C(C)(C)C)cc(-c3cccc4c3oc3ccccc34)c2N2c3cc(N4c5ccccc5Oc5ccccc54)ccc3B3c4ccc(N5c6ccccc6Oc6ccccc65)cc4N(c4c(-c5ccc(C(C)(C)C)cc5)cc(C(C)(C)C)cc4-c4cccc5c4oc4ccccc45)c4cc(-c5ccccc5)cc2c43)cc1. The van der Waals surface area contributed by atoms with Gasteiger partial charge in [-0.05, 0) is 204 Å². The molecule has 0 unspecified atom stereocenters. The summed E-state index contributed by atoms with van der Waals surface area (Å²) in [4.78, 5) is 10.2. The van der Waals surface area contributed by atoms with E-state index in [1.807, 2.05) is 0 Å². The van der Waals surface area contributed by atoms with Crippen LogP contribution >= 0.6 is 0 Å². The molecule has 0 radical (unpaired) electrons. The van der Waals surface area contributed by atoms with Crippen LogP contribution in [0.1, 0.15) is 105 Å². The third kappa shape index (κ3) is 11.9. The minimum absolute atomic E-state index is 0.122. The van der Waals surface area contributed by atoms with Crippen molar-refractivity contribution >= 4 is 135 Å². The van der Waals surface area contributed by atoms with Gasteiger partial charge in [0.25, 0.3) is 6.71 Å². The second-order valence-electron chi connectivity index (χ2n) is 37.2. The highest BCUT2D eigenvalue weighted by atomic mass is 16.5. The van der Waals surface area contributed by atoms with Crippen LogP contribution in [0.5, 0.6) is 23.0 Å². The van der Waals surface area contributed by atoms with E-state index in [0.29, 0.717) is 0 Å². The Balaban J connectivity index is 0.939. The summed E-state index contributed by atoms with van der Waals surface area (Å²) in [7, 11) is 0. The number of hydrogen-bond acceptors (Lipinski definition) is 8. The van der Waals surface area contributed by atoms with Gasteiger partial charge in [0.05, 0.1) is 34.1 Å². The molecule has 16 aromatic carbocycles. The number of para-hydroxylation sites is 12. The lowest BCUT2D eigenvalue weighted by molar-refractivity contribution is 0.477. The van der Waals surface area contributed by atoms with E-state index in [-0.39, 0.29) is 21.7 Å². The standard InChI is InChI=1S/C112H91BN4O4/c1-109(2,3)72-52-48-69(49-53-72)84-62-74(111(7,8)9)64-86(82-36-28-34-80-78-32-16-22-42-98(78)120-107(80)82)105(84)116-94-66-76(114-90-38-18-24-44-100(90)118-101-45-25-19-39-91(101)114)56-58-88(94)113-89-59-57-77(115-92-40-20-26-46-102(92)119-103-47-27-21-41-93(103)115)67-95(89)117(97-61-71(60-96(116)104(97)113)68-30-14-13-15-31-68)106-85(70-50-54-73(55-51-70)110(4,5)6)63-75(112(10,11)12)65-87(106)83-37-29-35-81-79-33-17-23-43-99(79)121-108(81)83/h13-67H,1-12H3. The largest absolute Gasteiger partial charge is 0.455 e. The van der Waals surface area contributed by atoms with Crippen LogP contribution in [0, 0.1) is 0 Å². The molecule has 0 bridgehead atoms. The summed E-state index contributed by atoms with van der Waals surface area (Å²) < 4.78 is 28.5. The van der Waals surface area contributed by atoms with Crippen molar-refractivity contribution in [3.63, 3.8) is 0 Å². The number of nitrogens with zero attached hydrogens (tertiary/aromatic N) is 4. The van der Waals surface area contributed by atoms with Crippen LogP contribution in [0.3, 0.4) is 0 Å². The number of benzene rings is 16. The van der Waals surface area contributed by atoms with Crippen LogP contribution in [0.2, 0.25) is 0 Å². The zero-order valence-electron chi connectivity index (χ0n) is 70.3. The molecule has 18 aromatic rings. The Morgan fingerprint density at radius 3 is 0.967 bits per heavy atom. The number of furan rings is 2. The molecule has 8 nitrogen and oxygen atoms in total. The first-order chi connectivity index (χ1) is 58.5. The molecule has 0 atom stereocenters. The first kappa shape index (κ1) is 73.4. The average Bonchev–Trinajstić information content (AvgIpc) is 1.14. The first-order valence-electron chi connectivity index (χ1n) is 42.4. The maximum Gasteiger partial charge on any atom is 0.252 e. The van der Waals surface area contributed by atoms with Crippen LogP contribution < -0.4 is 45.5 Å². The van der Waals surface area contributed by atoms with Gasteiger partial charge < -0.3 is 37.9 Å². The molecule has 22 rings (SSSR count). The quantitative estimate of drug-likeness (QED) is 0.133. The summed E-state index contributed by atoms with van der Waals surface area (Å²) in [5.74, 6) is 3.10. The van der Waals surface area contributed by atoms with Crippen LogP contribution in [-0.4, -0.2) is 6.71 Å². The van der Waals surface area contributed by atoms with E-state index in [2.05, 4.69) is 436 Å². The van der Waals surface area contributed by atoms with Crippen molar-refractivity contribution in [2.24, 2.45) is 0 Å². The number of rotatable bonds is 9. The van der Waals surface area contributed by atoms with Gasteiger partial charge in [0, 0.05) is 89.0 Å². The molecule has 0 N–H and O–H groups in total. The van der Waals surface area contributed by atoms with Crippen molar-refractivity contribution in [1.29, 1.82) is 0 Å². The Kier molecular flexibility index (Phi) is 16.5. The van der Waals surface area contributed by atoms with Crippen molar-refractivity contribution in [2.45, 2.75) is 105 Å². The van der Waals surface area contributed by atoms with E-state index in [1.165, 1.54) is 22.3 Å². The van der Waals surface area contributed by atoms with Gasteiger partial charge in [0.15, 0.2) is 23.0 Å². The fraction of sp³-hybridized carbons (Fsp3) is 0.143. The van der Waals surface area contributed by atoms with Gasteiger partial charge in [0.2, 0.25) is 0 Å². The molecule has 9 heteroatoms. The molecular formula is C112H91BN4O4. The number of fused-ring (bicyclic) bond motifs is 14. The third-order valence-electron chi connectivity index (χ3n) is 25.4. The van der Waals surface area contributed by atoms with Gasteiger partial charge in [-0.15, -0.1) is 0 Å². The topological polar surface area (TPSA) is 57.7 Å². The highest BCUT2D eigenvalue weighted by molar-refractivity contribution is 7.00.